The topological polar surface area (TPSA) is 58.2 Å². The van der Waals surface area contributed by atoms with Crippen molar-refractivity contribution >= 4 is 29.1 Å². The zero-order valence-corrected chi connectivity index (χ0v) is 13.2. The average molecular weight is 317 g/mol. The molecular formula is C17H17ClN2O2. The number of hydrogen-bond acceptors (Lipinski definition) is 2. The third kappa shape index (κ3) is 3.86. The van der Waals surface area contributed by atoms with Crippen molar-refractivity contribution in [2.24, 2.45) is 0 Å². The molecule has 0 saturated carbocycles. The van der Waals surface area contributed by atoms with Crippen LogP contribution in [0.2, 0.25) is 5.02 Å². The van der Waals surface area contributed by atoms with Crippen LogP contribution in [0.3, 0.4) is 0 Å². The number of rotatable bonds is 3. The van der Waals surface area contributed by atoms with Gasteiger partial charge >= 0.3 is 11.8 Å². The number of nitrogens with one attached hydrogen (secondary N) is 2. The number of amides is 2. The van der Waals surface area contributed by atoms with Crippen LogP contribution in [0.5, 0.6) is 0 Å². The fourth-order valence-electron chi connectivity index (χ4n) is 1.96. The Morgan fingerprint density at radius 1 is 1.00 bits per heavy atom. The van der Waals surface area contributed by atoms with E-state index in [2.05, 4.69) is 10.6 Å². The Labute approximate surface area is 134 Å². The predicted molar refractivity (Wildman–Crippen MR) is 87.8 cm³/mol. The molecule has 2 rings (SSSR count). The van der Waals surface area contributed by atoms with E-state index in [-0.39, 0.29) is 6.54 Å². The fourth-order valence-corrected chi connectivity index (χ4v) is 2.17. The molecule has 0 aliphatic carbocycles. The van der Waals surface area contributed by atoms with Crippen molar-refractivity contribution in [1.29, 1.82) is 0 Å². The van der Waals surface area contributed by atoms with Crippen molar-refractivity contribution in [3.05, 3.63) is 64.2 Å². The maximum absolute atomic E-state index is 11.9. The summed E-state index contributed by atoms with van der Waals surface area (Å²) in [5.74, 6) is -1.39. The maximum atomic E-state index is 11.9. The SMILES string of the molecule is Cc1cccc(NC(=O)C(=O)NCc2ccccc2Cl)c1C. The van der Waals surface area contributed by atoms with Crippen molar-refractivity contribution in [3.63, 3.8) is 0 Å². The molecule has 2 aromatic carbocycles. The van der Waals surface area contributed by atoms with E-state index in [4.69, 9.17) is 11.6 Å². The molecule has 0 fully saturated rings. The standard InChI is InChI=1S/C17H17ClN2O2/c1-11-6-5-9-15(12(11)2)20-17(22)16(21)19-10-13-7-3-4-8-14(13)18/h3-9H,10H2,1-2H3,(H,19,21)(H,20,22). The summed E-state index contributed by atoms with van der Waals surface area (Å²) in [6, 6.07) is 12.7. The lowest BCUT2D eigenvalue weighted by atomic mass is 10.1. The Hall–Kier alpha value is -2.33. The summed E-state index contributed by atoms with van der Waals surface area (Å²) in [5.41, 5.74) is 3.39. The Kier molecular flexibility index (Phi) is 5.17. The van der Waals surface area contributed by atoms with Crippen LogP contribution in [0.1, 0.15) is 16.7 Å². The molecule has 0 radical (unpaired) electrons. The van der Waals surface area contributed by atoms with Gasteiger partial charge < -0.3 is 10.6 Å². The van der Waals surface area contributed by atoms with E-state index in [1.807, 2.05) is 32.0 Å². The summed E-state index contributed by atoms with van der Waals surface area (Å²) in [4.78, 5) is 23.8. The number of benzene rings is 2. The van der Waals surface area contributed by atoms with Crippen LogP contribution in [-0.4, -0.2) is 11.8 Å². The number of anilines is 1. The first-order valence-electron chi connectivity index (χ1n) is 6.88. The van der Waals surface area contributed by atoms with Gasteiger partial charge in [-0.2, -0.15) is 0 Å². The minimum atomic E-state index is -0.694. The van der Waals surface area contributed by atoms with E-state index in [0.29, 0.717) is 10.7 Å². The molecule has 2 amide bonds. The van der Waals surface area contributed by atoms with Gasteiger partial charge in [0, 0.05) is 17.3 Å². The van der Waals surface area contributed by atoms with E-state index in [1.165, 1.54) is 0 Å². The Balaban J connectivity index is 1.97. The number of carbonyl (C=O) groups is 2. The molecule has 2 aromatic rings. The van der Waals surface area contributed by atoms with E-state index < -0.39 is 11.8 Å². The molecule has 4 nitrogen and oxygen atoms in total. The summed E-state index contributed by atoms with van der Waals surface area (Å²) in [7, 11) is 0. The summed E-state index contributed by atoms with van der Waals surface area (Å²) < 4.78 is 0. The highest BCUT2D eigenvalue weighted by Crippen LogP contribution is 2.18. The molecule has 0 aliphatic rings. The average Bonchev–Trinajstić information content (AvgIpc) is 2.50. The quantitative estimate of drug-likeness (QED) is 0.854. The molecule has 0 unspecified atom stereocenters. The molecule has 22 heavy (non-hydrogen) atoms. The zero-order valence-electron chi connectivity index (χ0n) is 12.4. The van der Waals surface area contributed by atoms with Crippen LogP contribution in [0.4, 0.5) is 5.69 Å². The Morgan fingerprint density at radius 3 is 2.45 bits per heavy atom. The molecule has 0 aromatic heterocycles. The molecule has 0 spiro atoms. The highest BCUT2D eigenvalue weighted by atomic mass is 35.5. The van der Waals surface area contributed by atoms with Crippen LogP contribution in [0.25, 0.3) is 0 Å². The van der Waals surface area contributed by atoms with Gasteiger partial charge in [0.2, 0.25) is 0 Å². The normalized spacial score (nSPS) is 10.1. The monoisotopic (exact) mass is 316 g/mol. The Morgan fingerprint density at radius 2 is 1.73 bits per heavy atom. The lowest BCUT2D eigenvalue weighted by Gasteiger charge is -2.10. The molecule has 0 atom stereocenters. The van der Waals surface area contributed by atoms with Crippen molar-refractivity contribution in [1.82, 2.24) is 5.32 Å². The van der Waals surface area contributed by atoms with Gasteiger partial charge in [-0.1, -0.05) is 41.9 Å². The minimum absolute atomic E-state index is 0.207. The third-order valence-electron chi connectivity index (χ3n) is 3.46. The highest BCUT2D eigenvalue weighted by molar-refractivity contribution is 6.39. The van der Waals surface area contributed by atoms with Crippen LogP contribution < -0.4 is 10.6 Å². The number of halogens is 1. The number of carbonyl (C=O) groups excluding carboxylic acids is 2. The number of hydrogen-bond donors (Lipinski definition) is 2. The summed E-state index contributed by atoms with van der Waals surface area (Å²) in [6.07, 6.45) is 0. The van der Waals surface area contributed by atoms with Gasteiger partial charge in [-0.3, -0.25) is 9.59 Å². The van der Waals surface area contributed by atoms with Gasteiger partial charge in [0.25, 0.3) is 0 Å². The summed E-state index contributed by atoms with van der Waals surface area (Å²) in [5, 5.41) is 5.73. The lowest BCUT2D eigenvalue weighted by molar-refractivity contribution is -0.136. The second kappa shape index (κ2) is 7.09. The van der Waals surface area contributed by atoms with Gasteiger partial charge in [-0.15, -0.1) is 0 Å². The van der Waals surface area contributed by atoms with Crippen LogP contribution >= 0.6 is 11.6 Å². The summed E-state index contributed by atoms with van der Waals surface area (Å²) in [6.45, 7) is 4.05. The van der Waals surface area contributed by atoms with Crippen LogP contribution in [0, 0.1) is 13.8 Å². The van der Waals surface area contributed by atoms with Gasteiger partial charge in [0.1, 0.15) is 0 Å². The molecule has 0 heterocycles. The summed E-state index contributed by atoms with van der Waals surface area (Å²) >= 11 is 6.00. The molecule has 5 heteroatoms. The van der Waals surface area contributed by atoms with Gasteiger partial charge in [0.05, 0.1) is 0 Å². The smallest absolute Gasteiger partial charge is 0.313 e. The maximum Gasteiger partial charge on any atom is 0.313 e. The molecular weight excluding hydrogens is 300 g/mol. The molecule has 114 valence electrons. The molecule has 0 aliphatic heterocycles. The largest absolute Gasteiger partial charge is 0.344 e. The van der Waals surface area contributed by atoms with Crippen molar-refractivity contribution in [2.75, 3.05) is 5.32 Å². The first kappa shape index (κ1) is 16.0. The van der Waals surface area contributed by atoms with Gasteiger partial charge in [-0.25, -0.2) is 0 Å². The first-order valence-corrected chi connectivity index (χ1v) is 7.25. The van der Waals surface area contributed by atoms with Gasteiger partial charge in [0.15, 0.2) is 0 Å². The van der Waals surface area contributed by atoms with E-state index in [0.717, 1.165) is 16.7 Å². The first-order chi connectivity index (χ1) is 10.5. The van der Waals surface area contributed by atoms with Crippen molar-refractivity contribution in [2.45, 2.75) is 20.4 Å². The molecule has 0 bridgehead atoms. The van der Waals surface area contributed by atoms with E-state index in [1.54, 1.807) is 24.3 Å². The lowest BCUT2D eigenvalue weighted by Crippen LogP contribution is -2.35. The van der Waals surface area contributed by atoms with E-state index in [9.17, 15) is 9.59 Å². The zero-order chi connectivity index (χ0) is 16.1. The highest BCUT2D eigenvalue weighted by Gasteiger charge is 2.15. The fraction of sp³-hybridized carbons (Fsp3) is 0.176. The Bertz CT molecular complexity index is 714. The van der Waals surface area contributed by atoms with Crippen LogP contribution in [0.15, 0.2) is 42.5 Å². The van der Waals surface area contributed by atoms with Crippen LogP contribution in [-0.2, 0) is 16.1 Å². The van der Waals surface area contributed by atoms with Gasteiger partial charge in [-0.05, 0) is 42.7 Å². The second-order valence-electron chi connectivity index (χ2n) is 4.98. The number of aryl methyl sites for hydroxylation is 1. The van der Waals surface area contributed by atoms with Crippen molar-refractivity contribution in [3.8, 4) is 0 Å². The third-order valence-corrected chi connectivity index (χ3v) is 3.83. The second-order valence-corrected chi connectivity index (χ2v) is 5.38. The van der Waals surface area contributed by atoms with E-state index >= 15 is 0 Å². The van der Waals surface area contributed by atoms with Crippen molar-refractivity contribution < 1.29 is 9.59 Å². The molecule has 2 N–H and O–H groups in total. The minimum Gasteiger partial charge on any atom is -0.344 e. The molecule has 0 saturated heterocycles. The predicted octanol–water partition coefficient (Wildman–Crippen LogP) is 3.21.